The predicted molar refractivity (Wildman–Crippen MR) is 102 cm³/mol. The third-order valence-electron chi connectivity index (χ3n) is 5.14. The van der Waals surface area contributed by atoms with Gasteiger partial charge in [0.15, 0.2) is 0 Å². The molecule has 0 spiro atoms. The molecule has 0 aromatic heterocycles. The maximum Gasteiger partial charge on any atom is 0.227 e. The van der Waals surface area contributed by atoms with Crippen LogP contribution in [0.25, 0.3) is 0 Å². The van der Waals surface area contributed by atoms with Gasteiger partial charge in [0.1, 0.15) is 0 Å². The standard InChI is InChI=1S/C19H27ClN4O2/c20-17-4-2-1-3-16(17)15-19(26)24-13-11-22(12-14-24)8-5-18(25)23-9-6-21-7-10-23/h1-4,21H,5-15H2. The van der Waals surface area contributed by atoms with E-state index in [-0.39, 0.29) is 11.8 Å². The van der Waals surface area contributed by atoms with Crippen LogP contribution >= 0.6 is 11.6 Å². The Morgan fingerprint density at radius 2 is 1.58 bits per heavy atom. The summed E-state index contributed by atoms with van der Waals surface area (Å²) in [6.45, 7) is 7.24. The Labute approximate surface area is 160 Å². The lowest BCUT2D eigenvalue weighted by Gasteiger charge is -2.35. The molecule has 2 heterocycles. The molecule has 0 radical (unpaired) electrons. The number of halogens is 1. The van der Waals surface area contributed by atoms with E-state index in [9.17, 15) is 9.59 Å². The molecule has 26 heavy (non-hydrogen) atoms. The van der Waals surface area contributed by atoms with Crippen LogP contribution in [-0.4, -0.2) is 85.4 Å². The molecule has 6 nitrogen and oxygen atoms in total. The third kappa shape index (κ3) is 5.19. The van der Waals surface area contributed by atoms with Crippen LogP contribution < -0.4 is 5.32 Å². The van der Waals surface area contributed by atoms with E-state index in [1.54, 1.807) is 0 Å². The lowest BCUT2D eigenvalue weighted by atomic mass is 10.1. The molecule has 0 aliphatic carbocycles. The van der Waals surface area contributed by atoms with Crippen molar-refractivity contribution in [1.82, 2.24) is 20.0 Å². The van der Waals surface area contributed by atoms with E-state index >= 15 is 0 Å². The quantitative estimate of drug-likeness (QED) is 0.825. The molecule has 2 aliphatic heterocycles. The lowest BCUT2D eigenvalue weighted by Crippen LogP contribution is -2.50. The number of benzene rings is 1. The molecule has 2 amide bonds. The molecule has 3 rings (SSSR count). The van der Waals surface area contributed by atoms with Crippen molar-refractivity contribution in [2.24, 2.45) is 0 Å². The molecule has 2 saturated heterocycles. The minimum absolute atomic E-state index is 0.120. The Balaban J connectivity index is 1.39. The number of hydrogen-bond donors (Lipinski definition) is 1. The highest BCUT2D eigenvalue weighted by molar-refractivity contribution is 6.31. The molecule has 1 N–H and O–H groups in total. The van der Waals surface area contributed by atoms with Gasteiger partial charge in [0, 0.05) is 70.3 Å². The first kappa shape index (κ1) is 19.1. The van der Waals surface area contributed by atoms with Gasteiger partial charge in [-0.15, -0.1) is 0 Å². The Morgan fingerprint density at radius 3 is 2.27 bits per heavy atom. The summed E-state index contributed by atoms with van der Waals surface area (Å²) >= 11 is 6.15. The summed E-state index contributed by atoms with van der Waals surface area (Å²) in [6, 6.07) is 7.49. The van der Waals surface area contributed by atoms with Crippen LogP contribution in [0.4, 0.5) is 0 Å². The van der Waals surface area contributed by atoms with Gasteiger partial charge in [-0.25, -0.2) is 0 Å². The lowest BCUT2D eigenvalue weighted by molar-refractivity contribution is -0.134. The van der Waals surface area contributed by atoms with E-state index in [4.69, 9.17) is 11.6 Å². The molecule has 0 saturated carbocycles. The predicted octanol–water partition coefficient (Wildman–Crippen LogP) is 0.849. The number of carbonyl (C=O) groups is 2. The second-order valence-corrected chi connectivity index (χ2v) is 7.28. The Bertz CT molecular complexity index is 626. The molecular weight excluding hydrogens is 352 g/mol. The largest absolute Gasteiger partial charge is 0.340 e. The number of rotatable bonds is 5. The molecule has 1 aromatic rings. The monoisotopic (exact) mass is 378 g/mol. The second kappa shape index (κ2) is 9.35. The number of nitrogens with zero attached hydrogens (tertiary/aromatic N) is 3. The van der Waals surface area contributed by atoms with Gasteiger partial charge >= 0.3 is 0 Å². The van der Waals surface area contributed by atoms with Crippen LogP contribution in [0.3, 0.4) is 0 Å². The minimum Gasteiger partial charge on any atom is -0.340 e. The fourth-order valence-electron chi connectivity index (χ4n) is 3.46. The van der Waals surface area contributed by atoms with E-state index in [2.05, 4.69) is 10.2 Å². The number of hydrogen-bond acceptors (Lipinski definition) is 4. The average Bonchev–Trinajstić information content (AvgIpc) is 2.69. The van der Waals surface area contributed by atoms with Gasteiger partial charge < -0.3 is 15.1 Å². The second-order valence-electron chi connectivity index (χ2n) is 6.87. The van der Waals surface area contributed by atoms with E-state index < -0.39 is 0 Å². The summed E-state index contributed by atoms with van der Waals surface area (Å²) in [4.78, 5) is 30.8. The van der Waals surface area contributed by atoms with Crippen LogP contribution in [0, 0.1) is 0 Å². The summed E-state index contributed by atoms with van der Waals surface area (Å²) in [5.74, 6) is 0.360. The first-order chi connectivity index (χ1) is 12.6. The van der Waals surface area contributed by atoms with Crippen LogP contribution in [-0.2, 0) is 16.0 Å². The molecule has 7 heteroatoms. The summed E-state index contributed by atoms with van der Waals surface area (Å²) < 4.78 is 0. The molecule has 1 aromatic carbocycles. The zero-order valence-electron chi connectivity index (χ0n) is 15.1. The Kier molecular flexibility index (Phi) is 6.88. The molecule has 0 bridgehead atoms. The molecule has 0 unspecified atom stereocenters. The van der Waals surface area contributed by atoms with E-state index in [1.165, 1.54) is 0 Å². The van der Waals surface area contributed by atoms with Crippen LogP contribution in [0.15, 0.2) is 24.3 Å². The molecular formula is C19H27ClN4O2. The maximum absolute atomic E-state index is 12.5. The maximum atomic E-state index is 12.5. The van der Waals surface area contributed by atoms with Crippen molar-refractivity contribution >= 4 is 23.4 Å². The van der Waals surface area contributed by atoms with Crippen molar-refractivity contribution in [2.45, 2.75) is 12.8 Å². The highest BCUT2D eigenvalue weighted by Crippen LogP contribution is 2.17. The highest BCUT2D eigenvalue weighted by Gasteiger charge is 2.23. The Morgan fingerprint density at radius 1 is 0.923 bits per heavy atom. The van der Waals surface area contributed by atoms with E-state index in [1.807, 2.05) is 34.1 Å². The normalized spacial score (nSPS) is 18.8. The number of amides is 2. The molecule has 0 atom stereocenters. The van der Waals surface area contributed by atoms with Crippen molar-refractivity contribution in [1.29, 1.82) is 0 Å². The van der Waals surface area contributed by atoms with Gasteiger partial charge in [0.25, 0.3) is 0 Å². The summed E-state index contributed by atoms with van der Waals surface area (Å²) in [5, 5.41) is 3.91. The van der Waals surface area contributed by atoms with Crippen molar-refractivity contribution in [3.05, 3.63) is 34.9 Å². The Hall–Kier alpha value is -1.63. The number of piperazine rings is 2. The fourth-order valence-corrected chi connectivity index (χ4v) is 3.67. The topological polar surface area (TPSA) is 55.9 Å². The van der Waals surface area contributed by atoms with Crippen LogP contribution in [0.1, 0.15) is 12.0 Å². The van der Waals surface area contributed by atoms with Crippen LogP contribution in [0.2, 0.25) is 5.02 Å². The van der Waals surface area contributed by atoms with Crippen molar-refractivity contribution in [3.8, 4) is 0 Å². The molecule has 2 fully saturated rings. The molecule has 2 aliphatic rings. The van der Waals surface area contributed by atoms with Gasteiger partial charge in [0.2, 0.25) is 11.8 Å². The SMILES string of the molecule is O=C(CCN1CCN(C(=O)Cc2ccccc2Cl)CC1)N1CCNCC1. The van der Waals surface area contributed by atoms with Crippen molar-refractivity contribution in [2.75, 3.05) is 58.9 Å². The van der Waals surface area contributed by atoms with Gasteiger partial charge in [0.05, 0.1) is 6.42 Å². The summed E-state index contributed by atoms with van der Waals surface area (Å²) in [7, 11) is 0. The first-order valence-electron chi connectivity index (χ1n) is 9.35. The van der Waals surface area contributed by atoms with Crippen molar-refractivity contribution < 1.29 is 9.59 Å². The minimum atomic E-state index is 0.120. The van der Waals surface area contributed by atoms with Crippen molar-refractivity contribution in [3.63, 3.8) is 0 Å². The summed E-state index contributed by atoms with van der Waals surface area (Å²) in [5.41, 5.74) is 0.878. The zero-order chi connectivity index (χ0) is 18.4. The zero-order valence-corrected chi connectivity index (χ0v) is 15.9. The van der Waals surface area contributed by atoms with E-state index in [0.29, 0.717) is 31.0 Å². The first-order valence-corrected chi connectivity index (χ1v) is 9.73. The van der Waals surface area contributed by atoms with E-state index in [0.717, 1.165) is 51.4 Å². The van der Waals surface area contributed by atoms with Gasteiger partial charge in [-0.2, -0.15) is 0 Å². The molecule has 142 valence electrons. The highest BCUT2D eigenvalue weighted by atomic mass is 35.5. The van der Waals surface area contributed by atoms with Gasteiger partial charge in [-0.05, 0) is 11.6 Å². The average molecular weight is 379 g/mol. The fraction of sp³-hybridized carbons (Fsp3) is 0.579. The van der Waals surface area contributed by atoms with Gasteiger partial charge in [-0.3, -0.25) is 14.5 Å². The van der Waals surface area contributed by atoms with Crippen LogP contribution in [0.5, 0.6) is 0 Å². The van der Waals surface area contributed by atoms with Gasteiger partial charge in [-0.1, -0.05) is 29.8 Å². The number of nitrogens with one attached hydrogen (secondary N) is 1. The smallest absolute Gasteiger partial charge is 0.227 e. The summed E-state index contributed by atoms with van der Waals surface area (Å²) in [6.07, 6.45) is 0.911. The number of carbonyl (C=O) groups excluding carboxylic acids is 2. The third-order valence-corrected chi connectivity index (χ3v) is 5.50.